The first kappa shape index (κ1) is 14.5. The normalized spacial score (nSPS) is 21.2. The fourth-order valence-corrected chi connectivity index (χ4v) is 2.28. The minimum absolute atomic E-state index is 0.0903. The summed E-state index contributed by atoms with van der Waals surface area (Å²) < 4.78 is 5.43. The number of hydrogen-bond acceptors (Lipinski definition) is 3. The maximum atomic E-state index is 11.9. The van der Waals surface area contributed by atoms with Gasteiger partial charge in [0.2, 0.25) is 0 Å². The summed E-state index contributed by atoms with van der Waals surface area (Å²) >= 11 is 0. The molecule has 0 aromatic rings. The summed E-state index contributed by atoms with van der Waals surface area (Å²) in [6, 6.07) is -0.105. The molecule has 0 aromatic heterocycles. The van der Waals surface area contributed by atoms with Crippen molar-refractivity contribution in [2.75, 3.05) is 13.1 Å². The number of piperidine rings is 1. The molecule has 0 N–H and O–H groups in total. The SMILES string of the molecule is CCC1CCN(C(C)C(=O)OC(C)(C)C)CC1. The maximum Gasteiger partial charge on any atom is 0.323 e. The van der Waals surface area contributed by atoms with Gasteiger partial charge in [0.05, 0.1) is 0 Å². The molecule has 0 aromatic carbocycles. The topological polar surface area (TPSA) is 29.5 Å². The fourth-order valence-electron chi connectivity index (χ4n) is 2.28. The third kappa shape index (κ3) is 4.66. The Morgan fingerprint density at radius 3 is 2.29 bits per heavy atom. The van der Waals surface area contributed by atoms with Gasteiger partial charge in [-0.25, -0.2) is 0 Å². The molecular weight excluding hydrogens is 214 g/mol. The van der Waals surface area contributed by atoms with Crippen LogP contribution >= 0.6 is 0 Å². The van der Waals surface area contributed by atoms with Crippen molar-refractivity contribution in [1.29, 1.82) is 0 Å². The van der Waals surface area contributed by atoms with E-state index < -0.39 is 0 Å². The summed E-state index contributed by atoms with van der Waals surface area (Å²) in [6.07, 6.45) is 3.68. The number of carbonyl (C=O) groups is 1. The summed E-state index contributed by atoms with van der Waals surface area (Å²) in [7, 11) is 0. The molecule has 1 aliphatic rings. The molecule has 3 heteroatoms. The Hall–Kier alpha value is -0.570. The highest BCUT2D eigenvalue weighted by atomic mass is 16.6. The predicted molar refractivity (Wildman–Crippen MR) is 69.9 cm³/mol. The van der Waals surface area contributed by atoms with Gasteiger partial charge in [-0.15, -0.1) is 0 Å². The second-order valence-electron chi connectivity index (χ2n) is 6.10. The van der Waals surface area contributed by atoms with E-state index in [1.165, 1.54) is 19.3 Å². The van der Waals surface area contributed by atoms with Crippen LogP contribution in [0, 0.1) is 5.92 Å². The van der Waals surface area contributed by atoms with E-state index in [1.807, 2.05) is 27.7 Å². The van der Waals surface area contributed by atoms with Crippen molar-refractivity contribution in [3.05, 3.63) is 0 Å². The molecule has 0 radical (unpaired) electrons. The van der Waals surface area contributed by atoms with Crippen LogP contribution in [0.2, 0.25) is 0 Å². The highest BCUT2D eigenvalue weighted by molar-refractivity contribution is 5.75. The lowest BCUT2D eigenvalue weighted by molar-refractivity contribution is -0.161. The first-order valence-corrected chi connectivity index (χ1v) is 6.80. The van der Waals surface area contributed by atoms with Gasteiger partial charge < -0.3 is 4.74 Å². The van der Waals surface area contributed by atoms with Crippen molar-refractivity contribution in [3.63, 3.8) is 0 Å². The van der Waals surface area contributed by atoms with E-state index in [4.69, 9.17) is 4.74 Å². The van der Waals surface area contributed by atoms with E-state index in [-0.39, 0.29) is 17.6 Å². The second kappa shape index (κ2) is 5.85. The van der Waals surface area contributed by atoms with E-state index in [0.29, 0.717) is 0 Å². The van der Waals surface area contributed by atoms with Crippen LogP contribution in [-0.4, -0.2) is 35.6 Å². The molecule has 0 saturated carbocycles. The Balaban J connectivity index is 2.43. The average molecular weight is 241 g/mol. The van der Waals surface area contributed by atoms with Crippen molar-refractivity contribution in [2.45, 2.75) is 65.5 Å². The molecule has 0 bridgehead atoms. The molecule has 3 nitrogen and oxygen atoms in total. The van der Waals surface area contributed by atoms with Crippen LogP contribution in [0.15, 0.2) is 0 Å². The number of hydrogen-bond donors (Lipinski definition) is 0. The van der Waals surface area contributed by atoms with Gasteiger partial charge in [-0.1, -0.05) is 13.3 Å². The molecule has 0 amide bonds. The molecule has 1 unspecified atom stereocenters. The number of esters is 1. The van der Waals surface area contributed by atoms with E-state index in [1.54, 1.807) is 0 Å². The van der Waals surface area contributed by atoms with Crippen LogP contribution in [0.4, 0.5) is 0 Å². The largest absolute Gasteiger partial charge is 0.459 e. The van der Waals surface area contributed by atoms with Gasteiger partial charge in [0.25, 0.3) is 0 Å². The summed E-state index contributed by atoms with van der Waals surface area (Å²) in [5, 5.41) is 0. The van der Waals surface area contributed by atoms with Crippen molar-refractivity contribution in [1.82, 2.24) is 4.90 Å². The van der Waals surface area contributed by atoms with E-state index in [2.05, 4.69) is 11.8 Å². The minimum Gasteiger partial charge on any atom is -0.459 e. The fraction of sp³-hybridized carbons (Fsp3) is 0.929. The van der Waals surface area contributed by atoms with Crippen molar-refractivity contribution < 1.29 is 9.53 Å². The zero-order chi connectivity index (χ0) is 13.1. The standard InChI is InChI=1S/C14H27NO2/c1-6-12-7-9-15(10-8-12)11(2)13(16)17-14(3,4)5/h11-12H,6-10H2,1-5H3. The summed E-state index contributed by atoms with van der Waals surface area (Å²) in [6.45, 7) is 12.0. The highest BCUT2D eigenvalue weighted by Gasteiger charge is 2.29. The quantitative estimate of drug-likeness (QED) is 0.712. The van der Waals surface area contributed by atoms with Gasteiger partial charge >= 0.3 is 5.97 Å². The van der Waals surface area contributed by atoms with E-state index in [0.717, 1.165) is 19.0 Å². The molecule has 100 valence electrons. The monoisotopic (exact) mass is 241 g/mol. The third-order valence-electron chi connectivity index (χ3n) is 3.52. The van der Waals surface area contributed by atoms with Gasteiger partial charge in [-0.2, -0.15) is 0 Å². The van der Waals surface area contributed by atoms with Crippen LogP contribution < -0.4 is 0 Å². The Kier molecular flexibility index (Phi) is 4.99. The van der Waals surface area contributed by atoms with Crippen LogP contribution in [0.1, 0.15) is 53.9 Å². The Bertz CT molecular complexity index is 249. The Morgan fingerprint density at radius 1 is 1.35 bits per heavy atom. The van der Waals surface area contributed by atoms with Crippen LogP contribution in [-0.2, 0) is 9.53 Å². The van der Waals surface area contributed by atoms with Crippen LogP contribution in [0.5, 0.6) is 0 Å². The third-order valence-corrected chi connectivity index (χ3v) is 3.52. The van der Waals surface area contributed by atoms with Crippen molar-refractivity contribution in [3.8, 4) is 0 Å². The molecule has 17 heavy (non-hydrogen) atoms. The van der Waals surface area contributed by atoms with Crippen molar-refractivity contribution in [2.24, 2.45) is 5.92 Å². The molecule has 1 saturated heterocycles. The number of nitrogens with zero attached hydrogens (tertiary/aromatic N) is 1. The first-order chi connectivity index (χ1) is 7.83. The minimum atomic E-state index is -0.382. The number of rotatable bonds is 3. The molecule has 1 atom stereocenters. The molecule has 1 heterocycles. The zero-order valence-electron chi connectivity index (χ0n) is 12.0. The molecular formula is C14H27NO2. The van der Waals surface area contributed by atoms with Crippen LogP contribution in [0.25, 0.3) is 0 Å². The highest BCUT2D eigenvalue weighted by Crippen LogP contribution is 2.22. The molecule has 1 aliphatic heterocycles. The molecule has 0 aliphatic carbocycles. The smallest absolute Gasteiger partial charge is 0.323 e. The number of carbonyl (C=O) groups excluding carboxylic acids is 1. The number of likely N-dealkylation sites (tertiary alicyclic amines) is 1. The van der Waals surface area contributed by atoms with Gasteiger partial charge in [0.15, 0.2) is 0 Å². The lowest BCUT2D eigenvalue weighted by Crippen LogP contribution is -2.46. The average Bonchev–Trinajstić information content (AvgIpc) is 2.26. The number of ether oxygens (including phenoxy) is 1. The van der Waals surface area contributed by atoms with Gasteiger partial charge in [-0.05, 0) is 59.5 Å². The van der Waals surface area contributed by atoms with Gasteiger partial charge in [0, 0.05) is 0 Å². The Morgan fingerprint density at radius 2 is 1.88 bits per heavy atom. The molecule has 1 rings (SSSR count). The van der Waals surface area contributed by atoms with Gasteiger partial charge in [0.1, 0.15) is 11.6 Å². The van der Waals surface area contributed by atoms with E-state index in [9.17, 15) is 4.79 Å². The second-order valence-corrected chi connectivity index (χ2v) is 6.10. The Labute approximate surface area is 106 Å². The lowest BCUT2D eigenvalue weighted by Gasteiger charge is -2.35. The zero-order valence-corrected chi connectivity index (χ0v) is 12.0. The summed E-state index contributed by atoms with van der Waals surface area (Å²) in [5.41, 5.74) is -0.382. The summed E-state index contributed by atoms with van der Waals surface area (Å²) in [5.74, 6) is 0.754. The maximum absolute atomic E-state index is 11.9. The van der Waals surface area contributed by atoms with Crippen molar-refractivity contribution >= 4 is 5.97 Å². The first-order valence-electron chi connectivity index (χ1n) is 6.80. The lowest BCUT2D eigenvalue weighted by atomic mass is 9.94. The van der Waals surface area contributed by atoms with E-state index >= 15 is 0 Å². The molecule has 0 spiro atoms. The predicted octanol–water partition coefficient (Wildman–Crippen LogP) is 2.84. The molecule has 1 fully saturated rings. The van der Waals surface area contributed by atoms with Crippen LogP contribution in [0.3, 0.4) is 0 Å². The van der Waals surface area contributed by atoms with Gasteiger partial charge in [-0.3, -0.25) is 9.69 Å². The summed E-state index contributed by atoms with van der Waals surface area (Å²) in [4.78, 5) is 14.2.